The summed E-state index contributed by atoms with van der Waals surface area (Å²) in [6.07, 6.45) is 2.54. The molecule has 7 heteroatoms. The third kappa shape index (κ3) is 4.47. The molecule has 0 radical (unpaired) electrons. The van der Waals surface area contributed by atoms with Gasteiger partial charge in [0.15, 0.2) is 5.16 Å². The van der Waals surface area contributed by atoms with Crippen molar-refractivity contribution in [2.45, 2.75) is 63.1 Å². The van der Waals surface area contributed by atoms with Crippen molar-refractivity contribution in [2.24, 2.45) is 0 Å². The minimum atomic E-state index is 0.278. The summed E-state index contributed by atoms with van der Waals surface area (Å²) in [6, 6.07) is 8.54. The molecule has 0 amide bonds. The molecule has 0 N–H and O–H groups in total. The van der Waals surface area contributed by atoms with Crippen molar-refractivity contribution < 1.29 is 4.74 Å². The van der Waals surface area contributed by atoms with Crippen LogP contribution in [-0.4, -0.2) is 32.5 Å². The van der Waals surface area contributed by atoms with Crippen molar-refractivity contribution >= 4 is 23.1 Å². The lowest BCUT2D eigenvalue weighted by Crippen LogP contribution is -2.18. The molecule has 1 aliphatic rings. The Bertz CT molecular complexity index is 911. The normalized spacial score (nSPS) is 16.9. The van der Waals surface area contributed by atoms with Crippen LogP contribution < -0.4 is 0 Å². The van der Waals surface area contributed by atoms with Crippen LogP contribution in [0.3, 0.4) is 0 Å². The molecule has 1 aliphatic heterocycles. The topological polar surface area (TPSA) is 52.8 Å². The molecule has 4 rings (SSSR count). The van der Waals surface area contributed by atoms with Crippen LogP contribution in [0.5, 0.6) is 0 Å². The van der Waals surface area contributed by atoms with Gasteiger partial charge in [-0.3, -0.25) is 0 Å². The third-order valence-corrected chi connectivity index (χ3v) is 6.81. The first-order chi connectivity index (χ1) is 13.6. The van der Waals surface area contributed by atoms with Gasteiger partial charge in [-0.2, -0.15) is 0 Å². The first-order valence-electron chi connectivity index (χ1n) is 9.79. The van der Waals surface area contributed by atoms with Crippen LogP contribution in [-0.2, 0) is 17.0 Å². The van der Waals surface area contributed by atoms with Gasteiger partial charge in [-0.1, -0.05) is 55.4 Å². The Morgan fingerprint density at radius 1 is 1.25 bits per heavy atom. The van der Waals surface area contributed by atoms with E-state index >= 15 is 0 Å². The Morgan fingerprint density at radius 2 is 2.07 bits per heavy atom. The van der Waals surface area contributed by atoms with E-state index in [2.05, 4.69) is 65.2 Å². The molecule has 3 heterocycles. The maximum Gasteiger partial charge on any atom is 0.191 e. The van der Waals surface area contributed by atoms with Crippen molar-refractivity contribution in [1.82, 2.24) is 19.7 Å². The molecule has 1 atom stereocenters. The number of ether oxygens (including phenoxy) is 1. The van der Waals surface area contributed by atoms with E-state index in [-0.39, 0.29) is 6.10 Å². The average molecular weight is 415 g/mol. The molecule has 148 valence electrons. The predicted molar refractivity (Wildman–Crippen MR) is 115 cm³/mol. The van der Waals surface area contributed by atoms with Gasteiger partial charge in [-0.15, -0.1) is 21.5 Å². The van der Waals surface area contributed by atoms with Crippen LogP contribution in [0.4, 0.5) is 0 Å². The summed E-state index contributed by atoms with van der Waals surface area (Å²) in [4.78, 5) is 4.82. The van der Waals surface area contributed by atoms with Crippen molar-refractivity contribution in [2.75, 3.05) is 6.61 Å². The second kappa shape index (κ2) is 8.76. The Hall–Kier alpha value is -1.70. The fourth-order valence-corrected chi connectivity index (χ4v) is 5.12. The SMILES string of the molecule is Cc1ccc(-c2nc(CSc3nnc(C(C)C)n3CC3CCCO3)cs2)cc1. The summed E-state index contributed by atoms with van der Waals surface area (Å²) in [5, 5.41) is 13.1. The second-order valence-corrected chi connectivity index (χ2v) is 9.34. The Labute approximate surface area is 174 Å². The number of aryl methyl sites for hydroxylation is 1. The highest BCUT2D eigenvalue weighted by Gasteiger charge is 2.22. The number of thioether (sulfide) groups is 1. The first-order valence-corrected chi connectivity index (χ1v) is 11.7. The number of hydrogen-bond donors (Lipinski definition) is 0. The van der Waals surface area contributed by atoms with Crippen molar-refractivity contribution in [3.63, 3.8) is 0 Å². The number of thiazole rings is 1. The van der Waals surface area contributed by atoms with Gasteiger partial charge in [-0.05, 0) is 19.8 Å². The van der Waals surface area contributed by atoms with Crippen molar-refractivity contribution in [3.8, 4) is 10.6 Å². The Kier molecular flexibility index (Phi) is 6.13. The summed E-state index contributed by atoms with van der Waals surface area (Å²) in [6.45, 7) is 8.14. The molecule has 0 spiro atoms. The third-order valence-electron chi connectivity index (χ3n) is 4.87. The largest absolute Gasteiger partial charge is 0.376 e. The summed E-state index contributed by atoms with van der Waals surface area (Å²) in [5.74, 6) is 2.18. The number of rotatable bonds is 7. The molecule has 1 unspecified atom stereocenters. The van der Waals surface area contributed by atoms with Gasteiger partial charge in [0, 0.05) is 29.2 Å². The zero-order chi connectivity index (χ0) is 19.5. The van der Waals surface area contributed by atoms with Gasteiger partial charge in [0.2, 0.25) is 0 Å². The van der Waals surface area contributed by atoms with E-state index in [0.29, 0.717) is 5.92 Å². The van der Waals surface area contributed by atoms with Crippen molar-refractivity contribution in [1.29, 1.82) is 0 Å². The molecular formula is C21H26N4OS2. The molecule has 2 aromatic heterocycles. The van der Waals surface area contributed by atoms with Crippen LogP contribution in [0.2, 0.25) is 0 Å². The van der Waals surface area contributed by atoms with E-state index in [1.165, 1.54) is 11.1 Å². The average Bonchev–Trinajstić information content (AvgIpc) is 3.42. The van der Waals surface area contributed by atoms with E-state index in [1.54, 1.807) is 23.1 Å². The van der Waals surface area contributed by atoms with Gasteiger partial charge in [0.1, 0.15) is 10.8 Å². The predicted octanol–water partition coefficient (Wildman–Crippen LogP) is 5.30. The highest BCUT2D eigenvalue weighted by atomic mass is 32.2. The standard InChI is InChI=1S/C21H26N4OS2/c1-14(2)19-23-24-21(25(19)11-18-5-4-10-26-18)28-13-17-12-27-20(22-17)16-8-6-15(3)7-9-16/h6-9,12,14,18H,4-5,10-11,13H2,1-3H3. The van der Waals surface area contributed by atoms with Crippen molar-refractivity contribution in [3.05, 3.63) is 46.7 Å². The Morgan fingerprint density at radius 3 is 2.79 bits per heavy atom. The molecule has 0 bridgehead atoms. The zero-order valence-corrected chi connectivity index (χ0v) is 18.2. The molecule has 5 nitrogen and oxygen atoms in total. The second-order valence-electron chi connectivity index (χ2n) is 7.54. The van der Waals surface area contributed by atoms with Gasteiger partial charge >= 0.3 is 0 Å². The molecule has 3 aromatic rings. The van der Waals surface area contributed by atoms with Crippen LogP contribution >= 0.6 is 23.1 Å². The van der Waals surface area contributed by atoms with Crippen LogP contribution in [0.1, 0.15) is 49.7 Å². The Balaban J connectivity index is 1.46. The molecule has 28 heavy (non-hydrogen) atoms. The molecule has 0 saturated carbocycles. The maximum atomic E-state index is 5.84. The minimum absolute atomic E-state index is 0.278. The zero-order valence-electron chi connectivity index (χ0n) is 16.6. The monoisotopic (exact) mass is 414 g/mol. The maximum absolute atomic E-state index is 5.84. The lowest BCUT2D eigenvalue weighted by molar-refractivity contribution is 0.0940. The van der Waals surface area contributed by atoms with Gasteiger partial charge in [0.25, 0.3) is 0 Å². The smallest absolute Gasteiger partial charge is 0.191 e. The van der Waals surface area contributed by atoms with E-state index in [1.807, 2.05) is 0 Å². The lowest BCUT2D eigenvalue weighted by Gasteiger charge is -2.15. The quantitative estimate of drug-likeness (QED) is 0.491. The first kappa shape index (κ1) is 19.6. The fraction of sp³-hybridized carbons (Fsp3) is 0.476. The summed E-state index contributed by atoms with van der Waals surface area (Å²) < 4.78 is 8.09. The van der Waals surface area contributed by atoms with Crippen LogP contribution in [0.25, 0.3) is 10.6 Å². The number of benzene rings is 1. The molecular weight excluding hydrogens is 388 g/mol. The fourth-order valence-electron chi connectivity index (χ4n) is 3.34. The molecule has 0 aliphatic carbocycles. The number of aromatic nitrogens is 4. The molecule has 1 saturated heterocycles. The van der Waals surface area contributed by atoms with Crippen LogP contribution in [0, 0.1) is 6.92 Å². The van der Waals surface area contributed by atoms with E-state index in [4.69, 9.17) is 9.72 Å². The van der Waals surface area contributed by atoms with E-state index in [9.17, 15) is 0 Å². The van der Waals surface area contributed by atoms with Crippen LogP contribution in [0.15, 0.2) is 34.8 Å². The summed E-state index contributed by atoms with van der Waals surface area (Å²) in [5.41, 5.74) is 3.53. The van der Waals surface area contributed by atoms with Gasteiger partial charge < -0.3 is 9.30 Å². The summed E-state index contributed by atoms with van der Waals surface area (Å²) in [7, 11) is 0. The minimum Gasteiger partial charge on any atom is -0.376 e. The number of nitrogens with zero attached hydrogens (tertiary/aromatic N) is 4. The van der Waals surface area contributed by atoms with Gasteiger partial charge in [0.05, 0.1) is 18.3 Å². The van der Waals surface area contributed by atoms with Gasteiger partial charge in [-0.25, -0.2) is 4.98 Å². The highest BCUT2D eigenvalue weighted by molar-refractivity contribution is 7.98. The molecule has 1 fully saturated rings. The lowest BCUT2D eigenvalue weighted by atomic mass is 10.2. The highest BCUT2D eigenvalue weighted by Crippen LogP contribution is 2.29. The number of hydrogen-bond acceptors (Lipinski definition) is 6. The molecule has 1 aromatic carbocycles. The van der Waals surface area contributed by atoms with E-state index in [0.717, 1.165) is 53.4 Å². The van der Waals surface area contributed by atoms with E-state index < -0.39 is 0 Å². The summed E-state index contributed by atoms with van der Waals surface area (Å²) >= 11 is 3.41.